The fourth-order valence-electron chi connectivity index (χ4n) is 5.55. The molecule has 1 aliphatic carbocycles. The van der Waals surface area contributed by atoms with Gasteiger partial charge >= 0.3 is 0 Å². The van der Waals surface area contributed by atoms with Crippen LogP contribution >= 0.6 is 0 Å². The van der Waals surface area contributed by atoms with Gasteiger partial charge in [0, 0.05) is 43.5 Å². The van der Waals surface area contributed by atoms with Gasteiger partial charge in [-0.1, -0.05) is 79.9 Å². The molecule has 0 radical (unpaired) electrons. The molecule has 5 nitrogen and oxygen atoms in total. The third kappa shape index (κ3) is 5.62. The third-order valence-corrected chi connectivity index (χ3v) is 7.57. The average Bonchev–Trinajstić information content (AvgIpc) is 2.95. The van der Waals surface area contributed by atoms with E-state index < -0.39 is 0 Å². The largest absolute Gasteiger partial charge is 0.368 e. The van der Waals surface area contributed by atoms with Gasteiger partial charge in [0.2, 0.25) is 11.8 Å². The zero-order valence-electron chi connectivity index (χ0n) is 20.8. The number of nitrogens with one attached hydrogen (secondary N) is 1. The second-order valence-electron chi connectivity index (χ2n) is 9.94. The first-order valence-electron chi connectivity index (χ1n) is 13.2. The summed E-state index contributed by atoms with van der Waals surface area (Å²) in [6.07, 6.45) is 5.77. The molecule has 0 bridgehead atoms. The van der Waals surface area contributed by atoms with Crippen molar-refractivity contribution in [2.75, 3.05) is 36.4 Å². The van der Waals surface area contributed by atoms with Gasteiger partial charge in [0.05, 0.1) is 5.92 Å². The van der Waals surface area contributed by atoms with Crippen molar-refractivity contribution < 1.29 is 9.59 Å². The molecular formula is C31H35N3O2. The fraction of sp³-hybridized carbons (Fsp3) is 0.355. The van der Waals surface area contributed by atoms with Gasteiger partial charge in [-0.15, -0.1) is 0 Å². The van der Waals surface area contributed by atoms with E-state index in [0.717, 1.165) is 61.5 Å². The van der Waals surface area contributed by atoms with Gasteiger partial charge in [0.1, 0.15) is 0 Å². The highest BCUT2D eigenvalue weighted by molar-refractivity contribution is 5.98. The minimum Gasteiger partial charge on any atom is -0.368 e. The second-order valence-corrected chi connectivity index (χ2v) is 9.94. The molecular weight excluding hydrogens is 446 g/mol. The normalized spacial score (nSPS) is 16.7. The van der Waals surface area contributed by atoms with Crippen molar-refractivity contribution >= 4 is 23.2 Å². The van der Waals surface area contributed by atoms with Gasteiger partial charge in [0.15, 0.2) is 0 Å². The molecule has 0 unspecified atom stereocenters. The molecule has 1 saturated carbocycles. The van der Waals surface area contributed by atoms with E-state index in [9.17, 15) is 9.59 Å². The minimum absolute atomic E-state index is 0.0463. The molecule has 3 aromatic rings. The average molecular weight is 482 g/mol. The quantitative estimate of drug-likeness (QED) is 0.492. The summed E-state index contributed by atoms with van der Waals surface area (Å²) >= 11 is 0. The molecule has 0 atom stereocenters. The Morgan fingerprint density at radius 1 is 0.694 bits per heavy atom. The van der Waals surface area contributed by atoms with Crippen LogP contribution in [0.5, 0.6) is 0 Å². The van der Waals surface area contributed by atoms with Crippen molar-refractivity contribution in [3.63, 3.8) is 0 Å². The zero-order valence-corrected chi connectivity index (χ0v) is 20.8. The van der Waals surface area contributed by atoms with Crippen LogP contribution in [0.2, 0.25) is 0 Å². The highest BCUT2D eigenvalue weighted by Crippen LogP contribution is 2.28. The van der Waals surface area contributed by atoms with Gasteiger partial charge in [-0.2, -0.15) is 0 Å². The van der Waals surface area contributed by atoms with Crippen molar-refractivity contribution in [3.8, 4) is 0 Å². The second kappa shape index (κ2) is 11.4. The molecule has 2 fully saturated rings. The maximum absolute atomic E-state index is 13.4. The summed E-state index contributed by atoms with van der Waals surface area (Å²) < 4.78 is 0. The van der Waals surface area contributed by atoms with Gasteiger partial charge < -0.3 is 15.1 Å². The predicted octanol–water partition coefficient (Wildman–Crippen LogP) is 5.69. The topological polar surface area (TPSA) is 52.7 Å². The monoisotopic (exact) mass is 481 g/mol. The highest BCUT2D eigenvalue weighted by atomic mass is 16.2. The minimum atomic E-state index is -0.373. The lowest BCUT2D eigenvalue weighted by Gasteiger charge is -2.38. The molecule has 1 heterocycles. The number of carbonyl (C=O) groups excluding carboxylic acids is 2. The van der Waals surface area contributed by atoms with Crippen LogP contribution in [0.1, 0.15) is 49.1 Å². The van der Waals surface area contributed by atoms with Crippen LogP contribution in [0.15, 0.2) is 84.9 Å². The summed E-state index contributed by atoms with van der Waals surface area (Å²) in [5.74, 6) is 0.180. The van der Waals surface area contributed by atoms with Gasteiger partial charge in [0.25, 0.3) is 0 Å². The molecule has 0 spiro atoms. The summed E-state index contributed by atoms with van der Waals surface area (Å²) in [4.78, 5) is 30.6. The number of rotatable bonds is 6. The molecule has 5 heteroatoms. The van der Waals surface area contributed by atoms with Crippen LogP contribution in [0.25, 0.3) is 0 Å². The van der Waals surface area contributed by atoms with Crippen LogP contribution < -0.4 is 10.2 Å². The summed E-state index contributed by atoms with van der Waals surface area (Å²) in [5.41, 5.74) is 3.85. The number of carbonyl (C=O) groups is 2. The molecule has 36 heavy (non-hydrogen) atoms. The van der Waals surface area contributed by atoms with Crippen molar-refractivity contribution in [2.24, 2.45) is 5.92 Å². The number of benzene rings is 3. The highest BCUT2D eigenvalue weighted by Gasteiger charge is 2.28. The number of amides is 2. The van der Waals surface area contributed by atoms with E-state index >= 15 is 0 Å². The summed E-state index contributed by atoms with van der Waals surface area (Å²) in [5, 5.41) is 3.12. The molecule has 186 valence electrons. The first kappa shape index (κ1) is 24.1. The molecule has 1 saturated heterocycles. The number of nitrogens with zero attached hydrogens (tertiary/aromatic N) is 2. The maximum atomic E-state index is 13.4. The Morgan fingerprint density at radius 2 is 1.25 bits per heavy atom. The van der Waals surface area contributed by atoms with Crippen LogP contribution in [0.3, 0.4) is 0 Å². The van der Waals surface area contributed by atoms with E-state index in [2.05, 4.69) is 27.2 Å². The number of anilines is 2. The molecule has 1 N–H and O–H groups in total. The van der Waals surface area contributed by atoms with E-state index in [1.165, 1.54) is 19.3 Å². The SMILES string of the molecule is O=C(Nc1ccc(N2CCN(C(=O)C3CCCCC3)CC2)cc1)C(c1ccccc1)c1ccccc1. The number of hydrogen-bond acceptors (Lipinski definition) is 3. The van der Waals surface area contributed by atoms with Crippen LogP contribution in [-0.2, 0) is 9.59 Å². The van der Waals surface area contributed by atoms with E-state index in [-0.39, 0.29) is 17.7 Å². The Balaban J connectivity index is 1.20. The summed E-state index contributed by atoms with van der Waals surface area (Å²) in [6.45, 7) is 3.25. The first-order chi connectivity index (χ1) is 17.7. The smallest absolute Gasteiger partial charge is 0.236 e. The predicted molar refractivity (Wildman–Crippen MR) is 145 cm³/mol. The van der Waals surface area contributed by atoms with Crippen molar-refractivity contribution in [3.05, 3.63) is 96.1 Å². The van der Waals surface area contributed by atoms with Gasteiger partial charge in [-0.25, -0.2) is 0 Å². The third-order valence-electron chi connectivity index (χ3n) is 7.57. The van der Waals surface area contributed by atoms with Crippen LogP contribution in [0, 0.1) is 5.92 Å². The maximum Gasteiger partial charge on any atom is 0.236 e. The number of hydrogen-bond donors (Lipinski definition) is 1. The molecule has 2 amide bonds. The lowest BCUT2D eigenvalue weighted by molar-refractivity contribution is -0.136. The lowest BCUT2D eigenvalue weighted by Crippen LogP contribution is -2.50. The van der Waals surface area contributed by atoms with Gasteiger partial charge in [-0.05, 0) is 48.2 Å². The zero-order chi connectivity index (χ0) is 24.7. The molecule has 0 aromatic heterocycles. The van der Waals surface area contributed by atoms with Crippen molar-refractivity contribution in [1.29, 1.82) is 0 Å². The molecule has 2 aliphatic rings. The van der Waals surface area contributed by atoms with E-state index in [1.807, 2.05) is 72.8 Å². The first-order valence-corrected chi connectivity index (χ1v) is 13.2. The Bertz CT molecular complexity index is 1090. The van der Waals surface area contributed by atoms with Crippen LogP contribution in [0.4, 0.5) is 11.4 Å². The fourth-order valence-corrected chi connectivity index (χ4v) is 5.55. The van der Waals surface area contributed by atoms with E-state index in [4.69, 9.17) is 0 Å². The molecule has 3 aromatic carbocycles. The summed E-state index contributed by atoms with van der Waals surface area (Å²) in [7, 11) is 0. The summed E-state index contributed by atoms with van der Waals surface area (Å²) in [6, 6.07) is 27.9. The standard InChI is InChI=1S/C31H35N3O2/c35-30(29(24-10-4-1-5-11-24)25-12-6-2-7-13-25)32-27-16-18-28(19-17-27)33-20-22-34(23-21-33)31(36)26-14-8-3-9-15-26/h1-2,4-7,10-13,16-19,26,29H,3,8-9,14-15,20-23H2,(H,32,35). The number of piperazine rings is 1. The van der Waals surface area contributed by atoms with E-state index in [0.29, 0.717) is 5.91 Å². The van der Waals surface area contributed by atoms with Crippen LogP contribution in [-0.4, -0.2) is 42.9 Å². The van der Waals surface area contributed by atoms with Gasteiger partial charge in [-0.3, -0.25) is 9.59 Å². The Morgan fingerprint density at radius 3 is 1.81 bits per heavy atom. The van der Waals surface area contributed by atoms with Crippen molar-refractivity contribution in [2.45, 2.75) is 38.0 Å². The van der Waals surface area contributed by atoms with E-state index in [1.54, 1.807) is 0 Å². The van der Waals surface area contributed by atoms with Crippen molar-refractivity contribution in [1.82, 2.24) is 4.90 Å². The Kier molecular flexibility index (Phi) is 7.65. The lowest BCUT2D eigenvalue weighted by atomic mass is 9.88. The molecule has 1 aliphatic heterocycles. The molecule has 5 rings (SSSR count). The Hall–Kier alpha value is -3.60. The Labute approximate surface area is 214 Å².